The molecule has 3 radical (unpaired) electrons. The summed E-state index contributed by atoms with van der Waals surface area (Å²) in [5.41, 5.74) is 1.35. The number of hydrogen-bond donors (Lipinski definition) is 0. The van der Waals surface area contributed by atoms with E-state index < -0.39 is 0 Å². The second kappa shape index (κ2) is 23.2. The van der Waals surface area contributed by atoms with Crippen molar-refractivity contribution in [1.82, 2.24) is 0 Å². The minimum atomic E-state index is 0. The third-order valence-corrected chi connectivity index (χ3v) is 2.01. The Morgan fingerprint density at radius 1 is 0.700 bits per heavy atom. The van der Waals surface area contributed by atoms with E-state index >= 15 is 0 Å². The van der Waals surface area contributed by atoms with Crippen LogP contribution in [0.5, 0.6) is 0 Å². The van der Waals surface area contributed by atoms with Crippen molar-refractivity contribution in [2.24, 2.45) is 0 Å². The van der Waals surface area contributed by atoms with Gasteiger partial charge in [-0.05, 0) is 23.3 Å². The zero-order valence-corrected chi connectivity index (χ0v) is 22.2. The summed E-state index contributed by atoms with van der Waals surface area (Å²) in [6, 6.07) is 14.8. The maximum absolute atomic E-state index is 4.25. The van der Waals surface area contributed by atoms with Crippen LogP contribution in [0.4, 0.5) is 0 Å². The molecule has 2 aromatic carbocycles. The topological polar surface area (TPSA) is 9.23 Å². The van der Waals surface area contributed by atoms with Crippen LogP contribution in [0.15, 0.2) is 42.5 Å². The molecule has 1 nitrogen and oxygen atoms in total. The van der Waals surface area contributed by atoms with Gasteiger partial charge in [0.25, 0.3) is 0 Å². The molecule has 107 valence electrons. The van der Waals surface area contributed by atoms with Crippen molar-refractivity contribution in [3.05, 3.63) is 70.3 Å². The van der Waals surface area contributed by atoms with Gasteiger partial charge in [-0.3, -0.25) is 0 Å². The molecule has 0 amide bonds. The van der Waals surface area contributed by atoms with Gasteiger partial charge in [0.05, 0.1) is 0 Å². The summed E-state index contributed by atoms with van der Waals surface area (Å²) < 4.78 is 4.25. The fourth-order valence-corrected chi connectivity index (χ4v) is 1.39. The standard InChI is InChI=1S/C11H10.C2H6O.3CH3.3Y/c1-9-5-4-7-10-6-2-3-8-11(9)10;1-3-2;;;;;;/h2-8H,1H3;1-2H3;3*1H3;;;/q;;3*-1;;;. The molecule has 0 bridgehead atoms. The summed E-state index contributed by atoms with van der Waals surface area (Å²) in [5.74, 6) is 0. The largest absolute Gasteiger partial charge is 0.388 e. The number of rotatable bonds is 0. The van der Waals surface area contributed by atoms with E-state index in [1.165, 1.54) is 16.3 Å². The van der Waals surface area contributed by atoms with Crippen molar-refractivity contribution in [2.75, 3.05) is 14.2 Å². The van der Waals surface area contributed by atoms with Gasteiger partial charge in [0, 0.05) is 112 Å². The van der Waals surface area contributed by atoms with Gasteiger partial charge in [-0.25, -0.2) is 0 Å². The fourth-order valence-electron chi connectivity index (χ4n) is 1.39. The first-order valence-corrected chi connectivity index (χ1v) is 4.64. The van der Waals surface area contributed by atoms with E-state index in [0.29, 0.717) is 0 Å². The van der Waals surface area contributed by atoms with Crippen LogP contribution in [0.25, 0.3) is 10.8 Å². The van der Waals surface area contributed by atoms with Crippen LogP contribution in [0.2, 0.25) is 0 Å². The number of benzene rings is 2. The van der Waals surface area contributed by atoms with E-state index in [1.54, 1.807) is 14.2 Å². The predicted octanol–water partition coefficient (Wildman–Crippen LogP) is 4.75. The molecule has 0 fully saturated rings. The first-order valence-electron chi connectivity index (χ1n) is 4.64. The molecule has 0 aliphatic carbocycles. The number of fused-ring (bicyclic) bond motifs is 1. The van der Waals surface area contributed by atoms with E-state index in [4.69, 9.17) is 0 Å². The molecule has 0 heterocycles. The van der Waals surface area contributed by atoms with Crippen molar-refractivity contribution >= 4 is 10.8 Å². The summed E-state index contributed by atoms with van der Waals surface area (Å²) >= 11 is 0. The summed E-state index contributed by atoms with van der Waals surface area (Å²) in [5, 5.41) is 2.68. The molecule has 0 aliphatic rings. The molecular weight excluding hydrogens is 475 g/mol. The van der Waals surface area contributed by atoms with Gasteiger partial charge >= 0.3 is 0 Å². The Morgan fingerprint density at radius 2 is 1.10 bits per heavy atom. The van der Waals surface area contributed by atoms with Gasteiger partial charge in [0.15, 0.2) is 0 Å². The van der Waals surface area contributed by atoms with E-state index in [-0.39, 0.29) is 120 Å². The molecule has 0 spiro atoms. The van der Waals surface area contributed by atoms with Gasteiger partial charge in [0.1, 0.15) is 0 Å². The van der Waals surface area contributed by atoms with Gasteiger partial charge in [-0.1, -0.05) is 42.5 Å². The van der Waals surface area contributed by atoms with Gasteiger partial charge in [-0.15, -0.1) is 0 Å². The van der Waals surface area contributed by atoms with Crippen LogP contribution in [0.1, 0.15) is 5.56 Å². The zero-order valence-electron chi connectivity index (χ0n) is 13.7. The smallest absolute Gasteiger partial charge is 0.0351 e. The molecule has 2 aromatic rings. The molecule has 0 saturated carbocycles. The molecule has 0 unspecified atom stereocenters. The summed E-state index contributed by atoms with van der Waals surface area (Å²) in [4.78, 5) is 0. The van der Waals surface area contributed by atoms with Crippen LogP contribution in [-0.4, -0.2) is 14.2 Å². The van der Waals surface area contributed by atoms with Gasteiger partial charge in [0.2, 0.25) is 0 Å². The van der Waals surface area contributed by atoms with Gasteiger partial charge < -0.3 is 27.0 Å². The van der Waals surface area contributed by atoms with Crippen molar-refractivity contribution < 1.29 is 103 Å². The van der Waals surface area contributed by atoms with Crippen LogP contribution in [0, 0.1) is 29.2 Å². The Labute approximate surface area is 202 Å². The molecular formula is C16H25OY3-3. The molecule has 0 aliphatic heterocycles. The Kier molecular flexibility index (Phi) is 44.0. The molecule has 0 N–H and O–H groups in total. The van der Waals surface area contributed by atoms with Crippen molar-refractivity contribution in [3.63, 3.8) is 0 Å². The Morgan fingerprint density at radius 3 is 1.55 bits per heavy atom. The second-order valence-corrected chi connectivity index (χ2v) is 3.20. The first-order chi connectivity index (χ1) is 6.79. The molecule has 2 rings (SSSR count). The van der Waals surface area contributed by atoms with E-state index in [2.05, 4.69) is 54.1 Å². The minimum Gasteiger partial charge on any atom is -0.388 e. The van der Waals surface area contributed by atoms with E-state index in [0.717, 1.165) is 0 Å². The van der Waals surface area contributed by atoms with Crippen molar-refractivity contribution in [2.45, 2.75) is 6.92 Å². The van der Waals surface area contributed by atoms with Crippen LogP contribution < -0.4 is 0 Å². The monoisotopic (exact) mass is 500 g/mol. The minimum absolute atomic E-state index is 0. The fraction of sp³-hybridized carbons (Fsp3) is 0.188. The number of ether oxygens (including phenoxy) is 1. The van der Waals surface area contributed by atoms with Crippen LogP contribution >= 0.6 is 0 Å². The van der Waals surface area contributed by atoms with Crippen molar-refractivity contribution in [3.8, 4) is 0 Å². The summed E-state index contributed by atoms with van der Waals surface area (Å²) in [7, 11) is 3.25. The Balaban J connectivity index is -0.0000000508. The van der Waals surface area contributed by atoms with Gasteiger partial charge in [-0.2, -0.15) is 0 Å². The van der Waals surface area contributed by atoms with Crippen molar-refractivity contribution in [1.29, 1.82) is 0 Å². The molecule has 0 aromatic heterocycles. The van der Waals surface area contributed by atoms with Crippen LogP contribution in [0.3, 0.4) is 0 Å². The number of methoxy groups -OCH3 is 1. The number of aryl methyl sites for hydroxylation is 1. The quantitative estimate of drug-likeness (QED) is 0.475. The maximum atomic E-state index is 4.25. The molecule has 4 heteroatoms. The summed E-state index contributed by atoms with van der Waals surface area (Å²) in [6.07, 6.45) is 0. The summed E-state index contributed by atoms with van der Waals surface area (Å²) in [6.45, 7) is 2.14. The average Bonchev–Trinajstić information content (AvgIpc) is 2.20. The van der Waals surface area contributed by atoms with Crippen LogP contribution in [-0.2, 0) is 103 Å². The van der Waals surface area contributed by atoms with E-state index in [9.17, 15) is 0 Å². The predicted molar refractivity (Wildman–Crippen MR) is 80.9 cm³/mol. The molecule has 0 atom stereocenters. The molecule has 0 saturated heterocycles. The SMILES string of the molecule is COC.Cc1cccc2ccccc12.[CH3-].[CH3-].[CH3-].[Y].[Y].[Y]. The zero-order chi connectivity index (χ0) is 10.4. The third-order valence-electron chi connectivity index (χ3n) is 2.01. The first kappa shape index (κ1) is 37.9. The molecule has 20 heavy (non-hydrogen) atoms. The normalized spacial score (nSPS) is 6.55. The second-order valence-electron chi connectivity index (χ2n) is 3.20. The van der Waals surface area contributed by atoms with E-state index in [1.807, 2.05) is 0 Å². The Bertz CT molecular complexity index is 400. The Hall–Kier alpha value is 1.97. The number of hydrogen-bond acceptors (Lipinski definition) is 1. The third kappa shape index (κ3) is 13.6. The maximum Gasteiger partial charge on any atom is 0.0351 e. The average molecular weight is 500 g/mol.